The maximum Gasteiger partial charge on any atom is 0.119 e. The van der Waals surface area contributed by atoms with Gasteiger partial charge in [0.1, 0.15) is 11.5 Å². The van der Waals surface area contributed by atoms with Crippen LogP contribution in [0.2, 0.25) is 0 Å². The number of methoxy groups -OCH3 is 2. The molecule has 0 amide bonds. The van der Waals surface area contributed by atoms with Gasteiger partial charge < -0.3 is 14.2 Å². The van der Waals surface area contributed by atoms with Crippen LogP contribution in [0, 0.1) is 0 Å². The molecule has 0 bridgehead atoms. The van der Waals surface area contributed by atoms with Crippen LogP contribution in [0.5, 0.6) is 11.5 Å². The predicted octanol–water partition coefficient (Wildman–Crippen LogP) is 4.45. The molecule has 23 heavy (non-hydrogen) atoms. The van der Waals surface area contributed by atoms with Crippen molar-refractivity contribution in [3.8, 4) is 11.5 Å². The average molecular weight is 310 g/mol. The minimum Gasteiger partial charge on any atom is -0.497 e. The fourth-order valence-electron chi connectivity index (χ4n) is 2.06. The summed E-state index contributed by atoms with van der Waals surface area (Å²) in [7, 11) is 3.33. The molecule has 0 radical (unpaired) electrons. The Hall–Kier alpha value is -2.52. The summed E-state index contributed by atoms with van der Waals surface area (Å²) < 4.78 is 15.9. The molecule has 3 nitrogen and oxygen atoms in total. The maximum atomic E-state index is 5.55. The van der Waals surface area contributed by atoms with E-state index in [-0.39, 0.29) is 0 Å². The van der Waals surface area contributed by atoms with E-state index in [2.05, 4.69) is 0 Å². The van der Waals surface area contributed by atoms with Crippen molar-refractivity contribution in [2.75, 3.05) is 27.4 Å². The van der Waals surface area contributed by atoms with E-state index in [1.165, 1.54) is 0 Å². The Bertz CT molecular complexity index is 602. The summed E-state index contributed by atoms with van der Waals surface area (Å²) in [4.78, 5) is 0. The number of rotatable bonds is 8. The Labute approximate surface area is 137 Å². The lowest BCUT2D eigenvalue weighted by Crippen LogP contribution is -1.90. The van der Waals surface area contributed by atoms with Gasteiger partial charge in [0.25, 0.3) is 0 Å². The Morgan fingerprint density at radius 3 is 1.65 bits per heavy atom. The highest BCUT2D eigenvalue weighted by molar-refractivity contribution is 5.52. The number of hydrogen-bond donors (Lipinski definition) is 0. The van der Waals surface area contributed by atoms with Gasteiger partial charge >= 0.3 is 0 Å². The first kappa shape index (κ1) is 16.8. The quantitative estimate of drug-likeness (QED) is 0.674. The van der Waals surface area contributed by atoms with Crippen molar-refractivity contribution in [1.82, 2.24) is 0 Å². The van der Waals surface area contributed by atoms with Crippen LogP contribution in [0.25, 0.3) is 12.2 Å². The third-order valence-corrected chi connectivity index (χ3v) is 3.24. The van der Waals surface area contributed by atoms with Crippen LogP contribution < -0.4 is 9.47 Å². The van der Waals surface area contributed by atoms with Crippen LogP contribution in [0.3, 0.4) is 0 Å². The zero-order chi connectivity index (χ0) is 16.3. The first-order valence-corrected chi connectivity index (χ1v) is 7.51. The van der Waals surface area contributed by atoms with Crippen LogP contribution in [0.1, 0.15) is 11.1 Å². The van der Waals surface area contributed by atoms with E-state index < -0.39 is 0 Å². The van der Waals surface area contributed by atoms with Crippen molar-refractivity contribution in [1.29, 1.82) is 0 Å². The van der Waals surface area contributed by atoms with Gasteiger partial charge in [0.15, 0.2) is 0 Å². The molecule has 0 atom stereocenters. The van der Waals surface area contributed by atoms with Gasteiger partial charge in [0.2, 0.25) is 0 Å². The molecule has 0 saturated heterocycles. The lowest BCUT2D eigenvalue weighted by Gasteiger charge is -2.01. The molecule has 0 N–H and O–H groups in total. The molecule has 2 aromatic rings. The third-order valence-electron chi connectivity index (χ3n) is 3.24. The highest BCUT2D eigenvalue weighted by atomic mass is 16.5. The van der Waals surface area contributed by atoms with Gasteiger partial charge in [-0.1, -0.05) is 48.6 Å². The van der Waals surface area contributed by atoms with E-state index in [9.17, 15) is 0 Å². The van der Waals surface area contributed by atoms with Gasteiger partial charge in [-0.05, 0) is 35.4 Å². The van der Waals surface area contributed by atoms with Crippen molar-refractivity contribution in [3.63, 3.8) is 0 Å². The molecular formula is C20H22O3. The van der Waals surface area contributed by atoms with Crippen molar-refractivity contribution < 1.29 is 14.2 Å². The average Bonchev–Trinajstić information content (AvgIpc) is 2.61. The lowest BCUT2D eigenvalue weighted by atomic mass is 10.2. The summed E-state index contributed by atoms with van der Waals surface area (Å²) in [6, 6.07) is 15.8. The zero-order valence-corrected chi connectivity index (χ0v) is 13.6. The first-order chi connectivity index (χ1) is 11.3. The Kier molecular flexibility index (Phi) is 6.95. The zero-order valence-electron chi connectivity index (χ0n) is 13.6. The fraction of sp³-hybridized carbons (Fsp3) is 0.200. The Morgan fingerprint density at radius 2 is 1.22 bits per heavy atom. The van der Waals surface area contributed by atoms with Crippen LogP contribution in [-0.4, -0.2) is 27.4 Å². The van der Waals surface area contributed by atoms with Crippen molar-refractivity contribution in [3.05, 3.63) is 71.8 Å². The summed E-state index contributed by atoms with van der Waals surface area (Å²) in [5.74, 6) is 1.71. The molecule has 0 aliphatic carbocycles. The van der Waals surface area contributed by atoms with Gasteiger partial charge in [-0.2, -0.15) is 0 Å². The van der Waals surface area contributed by atoms with Gasteiger partial charge in [-0.3, -0.25) is 0 Å². The van der Waals surface area contributed by atoms with E-state index in [4.69, 9.17) is 14.2 Å². The summed E-state index contributed by atoms with van der Waals surface area (Å²) in [5.41, 5.74) is 2.19. The normalized spacial score (nSPS) is 11.2. The van der Waals surface area contributed by atoms with Gasteiger partial charge in [0, 0.05) is 0 Å². The second kappa shape index (κ2) is 9.49. The molecule has 3 heteroatoms. The SMILES string of the molecule is COc1cccc(C=CCOCC=Cc2cccc(OC)c2)c1. The van der Waals surface area contributed by atoms with Gasteiger partial charge in [-0.25, -0.2) is 0 Å². The summed E-state index contributed by atoms with van der Waals surface area (Å²) in [6.07, 6.45) is 8.03. The van der Waals surface area contributed by atoms with Crippen LogP contribution in [0.15, 0.2) is 60.7 Å². The number of ether oxygens (including phenoxy) is 3. The van der Waals surface area contributed by atoms with E-state index in [0.717, 1.165) is 22.6 Å². The van der Waals surface area contributed by atoms with Crippen LogP contribution in [-0.2, 0) is 4.74 Å². The smallest absolute Gasteiger partial charge is 0.119 e. The number of benzene rings is 2. The minimum atomic E-state index is 0.569. The monoisotopic (exact) mass is 310 g/mol. The van der Waals surface area contributed by atoms with Crippen LogP contribution in [0.4, 0.5) is 0 Å². The second-order valence-electron chi connectivity index (χ2n) is 4.90. The third kappa shape index (κ3) is 6.01. The molecule has 0 aliphatic rings. The summed E-state index contributed by atoms with van der Waals surface area (Å²) in [6.45, 7) is 1.14. The topological polar surface area (TPSA) is 27.7 Å². The highest BCUT2D eigenvalue weighted by Crippen LogP contribution is 2.14. The summed E-state index contributed by atoms with van der Waals surface area (Å²) >= 11 is 0. The van der Waals surface area contributed by atoms with E-state index in [1.807, 2.05) is 72.8 Å². The van der Waals surface area contributed by atoms with Crippen molar-refractivity contribution in [2.45, 2.75) is 0 Å². The van der Waals surface area contributed by atoms with E-state index in [1.54, 1.807) is 14.2 Å². The molecular weight excluding hydrogens is 288 g/mol. The number of hydrogen-bond acceptors (Lipinski definition) is 3. The van der Waals surface area contributed by atoms with E-state index >= 15 is 0 Å². The lowest BCUT2D eigenvalue weighted by molar-refractivity contribution is 0.195. The molecule has 0 saturated carbocycles. The molecule has 0 unspecified atom stereocenters. The Morgan fingerprint density at radius 1 is 0.739 bits per heavy atom. The molecule has 0 spiro atoms. The molecule has 0 aliphatic heterocycles. The summed E-state index contributed by atoms with van der Waals surface area (Å²) in [5, 5.41) is 0. The highest BCUT2D eigenvalue weighted by Gasteiger charge is 1.92. The fourth-order valence-corrected chi connectivity index (χ4v) is 2.06. The van der Waals surface area contributed by atoms with E-state index in [0.29, 0.717) is 13.2 Å². The molecule has 2 aromatic carbocycles. The van der Waals surface area contributed by atoms with Crippen LogP contribution >= 0.6 is 0 Å². The largest absolute Gasteiger partial charge is 0.497 e. The van der Waals surface area contributed by atoms with Crippen molar-refractivity contribution >= 4 is 12.2 Å². The predicted molar refractivity (Wildman–Crippen MR) is 94.9 cm³/mol. The molecule has 120 valence electrons. The molecule has 0 fully saturated rings. The second-order valence-corrected chi connectivity index (χ2v) is 4.90. The maximum absolute atomic E-state index is 5.55. The molecule has 0 heterocycles. The van der Waals surface area contributed by atoms with Gasteiger partial charge in [-0.15, -0.1) is 0 Å². The van der Waals surface area contributed by atoms with Gasteiger partial charge in [0.05, 0.1) is 27.4 Å². The minimum absolute atomic E-state index is 0.569. The standard InChI is InChI=1S/C20H22O3/c1-21-19-11-3-7-17(15-19)9-5-13-23-14-6-10-18-8-4-12-20(16-18)22-2/h3-12,15-16H,13-14H2,1-2H3. The molecule has 0 aromatic heterocycles. The Balaban J connectivity index is 1.72. The molecule has 2 rings (SSSR count). The van der Waals surface area contributed by atoms with Crippen molar-refractivity contribution in [2.24, 2.45) is 0 Å². The first-order valence-electron chi connectivity index (χ1n) is 7.51.